The molecule has 0 atom stereocenters. The lowest BCUT2D eigenvalue weighted by Gasteiger charge is -2.13. The molecule has 0 saturated carbocycles. The maximum atomic E-state index is 12.1. The van der Waals surface area contributed by atoms with Crippen molar-refractivity contribution in [3.63, 3.8) is 0 Å². The smallest absolute Gasteiger partial charge is 0.263 e. The molecule has 1 fully saturated rings. The van der Waals surface area contributed by atoms with Crippen LogP contribution in [0.25, 0.3) is 16.8 Å². The number of hydrogen-bond acceptors (Lipinski definition) is 6. The van der Waals surface area contributed by atoms with Crippen molar-refractivity contribution in [3.8, 4) is 17.2 Å². The zero-order valence-corrected chi connectivity index (χ0v) is 18.1. The van der Waals surface area contributed by atoms with E-state index in [0.717, 1.165) is 21.9 Å². The molecule has 5 nitrogen and oxygen atoms in total. The highest BCUT2D eigenvalue weighted by atomic mass is 32.2. The Kier molecular flexibility index (Phi) is 5.92. The first-order valence-electron chi connectivity index (χ1n) is 9.18. The summed E-state index contributed by atoms with van der Waals surface area (Å²) < 4.78 is 17.3. The normalized spacial score (nSPS) is 14.8. The van der Waals surface area contributed by atoms with Crippen LogP contribution in [-0.2, 0) is 11.4 Å². The van der Waals surface area contributed by atoms with Crippen molar-refractivity contribution >= 4 is 51.1 Å². The number of benzene rings is 3. The average molecular weight is 438 g/mol. The zero-order chi connectivity index (χ0) is 21.1. The molecule has 1 N–H and O–H groups in total. The SMILES string of the molecule is COc1cc(COc2cc3ccccc3cc2/C=C2/SC(=S)NC2=O)cc(OC)c1. The summed E-state index contributed by atoms with van der Waals surface area (Å²) in [6.45, 7) is 0.319. The molecular weight excluding hydrogens is 418 g/mol. The summed E-state index contributed by atoms with van der Waals surface area (Å²) in [5.41, 5.74) is 1.72. The number of carbonyl (C=O) groups excluding carboxylic acids is 1. The minimum atomic E-state index is -0.193. The molecule has 1 amide bonds. The van der Waals surface area contributed by atoms with Crippen LogP contribution in [0.3, 0.4) is 0 Å². The lowest BCUT2D eigenvalue weighted by molar-refractivity contribution is -0.115. The highest BCUT2D eigenvalue weighted by molar-refractivity contribution is 8.26. The third-order valence-electron chi connectivity index (χ3n) is 4.61. The molecule has 0 unspecified atom stereocenters. The minimum absolute atomic E-state index is 0.193. The van der Waals surface area contributed by atoms with E-state index >= 15 is 0 Å². The summed E-state index contributed by atoms with van der Waals surface area (Å²) in [6.07, 6.45) is 1.81. The van der Waals surface area contributed by atoms with Gasteiger partial charge >= 0.3 is 0 Å². The number of amides is 1. The van der Waals surface area contributed by atoms with Gasteiger partial charge in [0.2, 0.25) is 0 Å². The molecule has 152 valence electrons. The van der Waals surface area contributed by atoms with Gasteiger partial charge in [-0.25, -0.2) is 0 Å². The third-order valence-corrected chi connectivity index (χ3v) is 5.78. The van der Waals surface area contributed by atoms with E-state index < -0.39 is 0 Å². The summed E-state index contributed by atoms with van der Waals surface area (Å²) in [6, 6.07) is 17.6. The lowest BCUT2D eigenvalue weighted by Crippen LogP contribution is -2.17. The number of thioether (sulfide) groups is 1. The second-order valence-corrected chi connectivity index (χ2v) is 8.32. The Morgan fingerprint density at radius 1 is 1.00 bits per heavy atom. The molecule has 0 aliphatic carbocycles. The van der Waals surface area contributed by atoms with Gasteiger partial charge in [-0.3, -0.25) is 4.79 Å². The fraction of sp³-hybridized carbons (Fsp3) is 0.130. The molecule has 3 aromatic carbocycles. The molecule has 1 aliphatic rings. The number of thiocarbonyl (C=S) groups is 1. The van der Waals surface area contributed by atoms with Gasteiger partial charge in [-0.05, 0) is 46.7 Å². The van der Waals surface area contributed by atoms with Crippen molar-refractivity contribution in [2.75, 3.05) is 14.2 Å². The quantitative estimate of drug-likeness (QED) is 0.436. The third kappa shape index (κ3) is 4.42. The van der Waals surface area contributed by atoms with Crippen molar-refractivity contribution in [3.05, 3.63) is 70.6 Å². The molecule has 4 rings (SSSR count). The van der Waals surface area contributed by atoms with Gasteiger partial charge in [-0.15, -0.1) is 0 Å². The Morgan fingerprint density at radius 3 is 2.27 bits per heavy atom. The van der Waals surface area contributed by atoms with Gasteiger partial charge in [-0.1, -0.05) is 48.2 Å². The van der Waals surface area contributed by atoms with E-state index in [2.05, 4.69) is 5.32 Å². The predicted octanol–water partition coefficient (Wildman–Crippen LogP) is 4.92. The highest BCUT2D eigenvalue weighted by Crippen LogP contribution is 2.33. The largest absolute Gasteiger partial charge is 0.497 e. The summed E-state index contributed by atoms with van der Waals surface area (Å²) in [7, 11) is 3.23. The molecule has 1 saturated heterocycles. The van der Waals surface area contributed by atoms with E-state index in [1.54, 1.807) is 14.2 Å². The number of fused-ring (bicyclic) bond motifs is 1. The van der Waals surface area contributed by atoms with Gasteiger partial charge in [0, 0.05) is 11.6 Å². The summed E-state index contributed by atoms with van der Waals surface area (Å²) in [5, 5.41) is 4.76. The number of rotatable bonds is 6. The lowest BCUT2D eigenvalue weighted by atomic mass is 10.1. The van der Waals surface area contributed by atoms with Crippen LogP contribution >= 0.6 is 24.0 Å². The van der Waals surface area contributed by atoms with Crippen molar-refractivity contribution in [1.29, 1.82) is 0 Å². The highest BCUT2D eigenvalue weighted by Gasteiger charge is 2.22. The monoisotopic (exact) mass is 437 g/mol. The van der Waals surface area contributed by atoms with Crippen LogP contribution in [0.15, 0.2) is 59.5 Å². The van der Waals surface area contributed by atoms with Gasteiger partial charge in [0.1, 0.15) is 28.2 Å². The molecular formula is C23H19NO4S2. The standard InChI is InChI=1S/C23H19NO4S2/c1-26-18-7-14(8-19(12-18)27-2)13-28-20-10-16-6-4-3-5-15(16)9-17(20)11-21-22(25)24-23(29)30-21/h3-12H,13H2,1-2H3,(H,24,25,29)/b21-11+. The van der Waals surface area contributed by atoms with E-state index in [1.165, 1.54) is 11.8 Å². The van der Waals surface area contributed by atoms with Crippen molar-refractivity contribution in [2.45, 2.75) is 6.61 Å². The van der Waals surface area contributed by atoms with Crippen molar-refractivity contribution in [1.82, 2.24) is 5.32 Å². The van der Waals surface area contributed by atoms with Crippen LogP contribution < -0.4 is 19.5 Å². The average Bonchev–Trinajstić information content (AvgIpc) is 3.08. The number of methoxy groups -OCH3 is 2. The van der Waals surface area contributed by atoms with E-state index in [1.807, 2.05) is 60.7 Å². The molecule has 1 aliphatic heterocycles. The second kappa shape index (κ2) is 8.77. The predicted molar refractivity (Wildman–Crippen MR) is 124 cm³/mol. The van der Waals surface area contributed by atoms with Crippen molar-refractivity contribution in [2.24, 2.45) is 0 Å². The molecule has 1 heterocycles. The van der Waals surface area contributed by atoms with E-state index in [-0.39, 0.29) is 5.91 Å². The maximum absolute atomic E-state index is 12.1. The summed E-state index contributed by atoms with van der Waals surface area (Å²) >= 11 is 6.35. The Labute approximate surface area is 184 Å². The molecule has 0 radical (unpaired) electrons. The number of ether oxygens (including phenoxy) is 3. The number of hydrogen-bond donors (Lipinski definition) is 1. The van der Waals surface area contributed by atoms with Crippen LogP contribution in [0.2, 0.25) is 0 Å². The maximum Gasteiger partial charge on any atom is 0.263 e. The number of carbonyl (C=O) groups is 1. The Balaban J connectivity index is 1.70. The van der Waals surface area contributed by atoms with Crippen LogP contribution in [0.5, 0.6) is 17.2 Å². The molecule has 30 heavy (non-hydrogen) atoms. The van der Waals surface area contributed by atoms with Gasteiger partial charge in [0.15, 0.2) is 0 Å². The van der Waals surface area contributed by atoms with Gasteiger partial charge in [0.25, 0.3) is 5.91 Å². The fourth-order valence-electron chi connectivity index (χ4n) is 3.15. The van der Waals surface area contributed by atoms with Crippen LogP contribution in [0.1, 0.15) is 11.1 Å². The molecule has 3 aromatic rings. The van der Waals surface area contributed by atoms with E-state index in [0.29, 0.717) is 33.1 Å². The van der Waals surface area contributed by atoms with Crippen LogP contribution in [0.4, 0.5) is 0 Å². The van der Waals surface area contributed by atoms with Gasteiger partial charge in [0.05, 0.1) is 19.1 Å². The molecule has 0 spiro atoms. The van der Waals surface area contributed by atoms with E-state index in [4.69, 9.17) is 26.4 Å². The first-order chi connectivity index (χ1) is 14.6. The van der Waals surface area contributed by atoms with Crippen LogP contribution in [-0.4, -0.2) is 24.4 Å². The molecule has 7 heteroatoms. The van der Waals surface area contributed by atoms with E-state index in [9.17, 15) is 4.79 Å². The second-order valence-electron chi connectivity index (χ2n) is 6.60. The summed E-state index contributed by atoms with van der Waals surface area (Å²) in [5.74, 6) is 1.87. The Hall–Kier alpha value is -3.03. The Morgan fingerprint density at radius 2 is 1.67 bits per heavy atom. The summed E-state index contributed by atoms with van der Waals surface area (Å²) in [4.78, 5) is 12.7. The number of nitrogens with one attached hydrogen (secondary N) is 1. The molecule has 0 bridgehead atoms. The van der Waals surface area contributed by atoms with Gasteiger partial charge in [-0.2, -0.15) is 0 Å². The fourth-order valence-corrected chi connectivity index (χ4v) is 4.18. The van der Waals surface area contributed by atoms with Gasteiger partial charge < -0.3 is 19.5 Å². The Bertz CT molecular complexity index is 1150. The van der Waals surface area contributed by atoms with Crippen LogP contribution in [0, 0.1) is 0 Å². The first-order valence-corrected chi connectivity index (χ1v) is 10.4. The zero-order valence-electron chi connectivity index (χ0n) is 16.4. The first kappa shape index (κ1) is 20.3. The van der Waals surface area contributed by atoms with Crippen molar-refractivity contribution < 1.29 is 19.0 Å². The molecule has 0 aromatic heterocycles. The topological polar surface area (TPSA) is 56.8 Å². The minimum Gasteiger partial charge on any atom is -0.497 e.